The second-order valence-electron chi connectivity index (χ2n) is 5.98. The molecule has 1 aromatic carbocycles. The number of ether oxygens (including phenoxy) is 2. The monoisotopic (exact) mass is 355 g/mol. The Morgan fingerprint density at radius 2 is 2.12 bits per heavy atom. The molecule has 1 aromatic rings. The highest BCUT2D eigenvalue weighted by Gasteiger charge is 2.46. The lowest BCUT2D eigenvalue weighted by atomic mass is 9.98. The molecule has 7 heteroatoms. The molecule has 1 unspecified atom stereocenters. The van der Waals surface area contributed by atoms with Crippen molar-refractivity contribution in [2.45, 2.75) is 38.6 Å². The minimum absolute atomic E-state index is 0.266. The first-order valence-corrected chi connectivity index (χ1v) is 8.28. The predicted octanol–water partition coefficient (Wildman–Crippen LogP) is 3.22. The molecule has 0 aromatic heterocycles. The lowest BCUT2D eigenvalue weighted by molar-refractivity contribution is -0.147. The summed E-state index contributed by atoms with van der Waals surface area (Å²) in [6.45, 7) is 4.42. The maximum Gasteiger partial charge on any atom is 0.329 e. The van der Waals surface area contributed by atoms with Gasteiger partial charge in [-0.2, -0.15) is 0 Å². The van der Waals surface area contributed by atoms with E-state index in [1.165, 1.54) is 18.1 Å². The topological polar surface area (TPSA) is 76.1 Å². The zero-order valence-corrected chi connectivity index (χ0v) is 14.9. The summed E-state index contributed by atoms with van der Waals surface area (Å²) >= 11 is 6.24. The van der Waals surface area contributed by atoms with Crippen molar-refractivity contribution in [2.24, 2.45) is 0 Å². The molecule has 1 fully saturated rings. The number of halogens is 1. The zero-order valence-electron chi connectivity index (χ0n) is 14.1. The molecule has 1 aliphatic heterocycles. The van der Waals surface area contributed by atoms with Gasteiger partial charge in [-0.15, -0.1) is 0 Å². The van der Waals surface area contributed by atoms with Crippen molar-refractivity contribution in [2.75, 3.05) is 20.3 Å². The fourth-order valence-electron chi connectivity index (χ4n) is 2.85. The average molecular weight is 356 g/mol. The molecule has 1 saturated heterocycles. The first kappa shape index (κ1) is 18.4. The summed E-state index contributed by atoms with van der Waals surface area (Å²) in [6.07, 6.45) is 1.89. The average Bonchev–Trinajstić information content (AvgIpc) is 2.95. The molecule has 0 bridgehead atoms. The van der Waals surface area contributed by atoms with Crippen LogP contribution >= 0.6 is 11.6 Å². The first-order chi connectivity index (χ1) is 11.3. The van der Waals surface area contributed by atoms with Gasteiger partial charge in [0.15, 0.2) is 11.5 Å². The lowest BCUT2D eigenvalue weighted by Crippen LogP contribution is -2.50. The van der Waals surface area contributed by atoms with Crippen LogP contribution in [0.5, 0.6) is 11.5 Å². The zero-order chi connectivity index (χ0) is 17.9. The molecule has 0 radical (unpaired) electrons. The minimum atomic E-state index is -1.20. The molecule has 0 aliphatic carbocycles. The number of methoxy groups -OCH3 is 1. The Bertz CT molecular complexity index is 648. The number of amides is 1. The van der Waals surface area contributed by atoms with Gasteiger partial charge >= 0.3 is 5.97 Å². The summed E-state index contributed by atoms with van der Waals surface area (Å²) in [5, 5.41) is 9.74. The third-order valence-corrected chi connectivity index (χ3v) is 4.55. The van der Waals surface area contributed by atoms with Gasteiger partial charge in [-0.25, -0.2) is 4.79 Å². The summed E-state index contributed by atoms with van der Waals surface area (Å²) in [5.74, 6) is -0.635. The van der Waals surface area contributed by atoms with Crippen LogP contribution in [-0.4, -0.2) is 47.7 Å². The van der Waals surface area contributed by atoms with Crippen LogP contribution in [0.25, 0.3) is 0 Å². The van der Waals surface area contributed by atoms with Crippen molar-refractivity contribution in [1.82, 2.24) is 4.90 Å². The van der Waals surface area contributed by atoms with Crippen LogP contribution in [0.2, 0.25) is 5.02 Å². The van der Waals surface area contributed by atoms with Gasteiger partial charge in [0.05, 0.1) is 18.7 Å². The second-order valence-corrected chi connectivity index (χ2v) is 6.38. The fourth-order valence-corrected chi connectivity index (χ4v) is 3.12. The van der Waals surface area contributed by atoms with E-state index >= 15 is 0 Å². The first-order valence-electron chi connectivity index (χ1n) is 7.90. The van der Waals surface area contributed by atoms with E-state index < -0.39 is 11.5 Å². The number of hydrogen-bond acceptors (Lipinski definition) is 4. The Hall–Kier alpha value is -1.95. The van der Waals surface area contributed by atoms with Crippen molar-refractivity contribution in [1.29, 1.82) is 0 Å². The molecule has 1 aliphatic rings. The Balaban J connectivity index is 2.36. The van der Waals surface area contributed by atoms with Gasteiger partial charge in [0.25, 0.3) is 5.91 Å². The Morgan fingerprint density at radius 1 is 1.42 bits per heavy atom. The fraction of sp³-hybridized carbons (Fsp3) is 0.529. The number of likely N-dealkylation sites (tertiary alicyclic amines) is 1. The summed E-state index contributed by atoms with van der Waals surface area (Å²) in [6, 6.07) is 3.04. The van der Waals surface area contributed by atoms with E-state index in [-0.39, 0.29) is 16.5 Å². The molecule has 2 rings (SSSR count). The van der Waals surface area contributed by atoms with Crippen LogP contribution in [0, 0.1) is 0 Å². The van der Waals surface area contributed by atoms with Gasteiger partial charge in [0.2, 0.25) is 0 Å². The molecule has 24 heavy (non-hydrogen) atoms. The molecule has 1 amide bonds. The maximum atomic E-state index is 12.8. The van der Waals surface area contributed by atoms with Crippen molar-refractivity contribution >= 4 is 23.5 Å². The van der Waals surface area contributed by atoms with Gasteiger partial charge in [0, 0.05) is 12.1 Å². The second kappa shape index (κ2) is 7.30. The van der Waals surface area contributed by atoms with Crippen LogP contribution in [0.3, 0.4) is 0 Å². The number of carboxylic acids is 1. The molecule has 0 spiro atoms. The Labute approximate surface area is 146 Å². The molecular weight excluding hydrogens is 334 g/mol. The number of carbonyl (C=O) groups is 2. The van der Waals surface area contributed by atoms with E-state index in [4.69, 9.17) is 21.1 Å². The summed E-state index contributed by atoms with van der Waals surface area (Å²) in [5.41, 5.74) is -0.913. The van der Waals surface area contributed by atoms with Crippen molar-refractivity contribution < 1.29 is 24.2 Å². The smallest absolute Gasteiger partial charge is 0.329 e. The van der Waals surface area contributed by atoms with Gasteiger partial charge in [0.1, 0.15) is 5.54 Å². The van der Waals surface area contributed by atoms with E-state index in [9.17, 15) is 14.7 Å². The highest BCUT2D eigenvalue weighted by Crippen LogP contribution is 2.38. The SMILES string of the molecule is CCCOc1c(Cl)cc(C(=O)N2CCCC2(C)C(=O)O)cc1OC. The van der Waals surface area contributed by atoms with E-state index in [2.05, 4.69) is 0 Å². The van der Waals surface area contributed by atoms with Crippen LogP contribution in [0.4, 0.5) is 0 Å². The molecule has 132 valence electrons. The molecular formula is C17H22ClNO5. The van der Waals surface area contributed by atoms with Crippen molar-refractivity contribution in [3.05, 3.63) is 22.7 Å². The number of aliphatic carboxylic acids is 1. The van der Waals surface area contributed by atoms with E-state index in [0.717, 1.165) is 6.42 Å². The van der Waals surface area contributed by atoms with Gasteiger partial charge in [-0.1, -0.05) is 18.5 Å². The van der Waals surface area contributed by atoms with Crippen LogP contribution in [0.1, 0.15) is 43.5 Å². The van der Waals surface area contributed by atoms with Gasteiger partial charge in [-0.05, 0) is 38.3 Å². The number of carboxylic acid groups (broad SMARTS) is 1. The summed E-state index contributed by atoms with van der Waals surface area (Å²) in [4.78, 5) is 25.8. The Morgan fingerprint density at radius 3 is 2.71 bits per heavy atom. The largest absolute Gasteiger partial charge is 0.493 e. The summed E-state index contributed by atoms with van der Waals surface area (Å²) < 4.78 is 10.9. The van der Waals surface area contributed by atoms with E-state index in [0.29, 0.717) is 37.5 Å². The van der Waals surface area contributed by atoms with Gasteiger partial charge in [-0.3, -0.25) is 4.79 Å². The molecule has 0 saturated carbocycles. The molecule has 1 atom stereocenters. The van der Waals surface area contributed by atoms with Crippen molar-refractivity contribution in [3.8, 4) is 11.5 Å². The lowest BCUT2D eigenvalue weighted by Gasteiger charge is -2.31. The highest BCUT2D eigenvalue weighted by atomic mass is 35.5. The predicted molar refractivity (Wildman–Crippen MR) is 90.1 cm³/mol. The van der Waals surface area contributed by atoms with E-state index in [1.54, 1.807) is 13.0 Å². The summed E-state index contributed by atoms with van der Waals surface area (Å²) in [7, 11) is 1.47. The number of nitrogens with zero attached hydrogens (tertiary/aromatic N) is 1. The number of carbonyl (C=O) groups excluding carboxylic acids is 1. The standard InChI is InChI=1S/C17H22ClNO5/c1-4-8-24-14-12(18)9-11(10-13(14)23-3)15(20)19-7-5-6-17(19,2)16(21)22/h9-10H,4-8H2,1-3H3,(H,21,22). The van der Waals surface area contributed by atoms with Gasteiger partial charge < -0.3 is 19.5 Å². The molecule has 6 nitrogen and oxygen atoms in total. The Kier molecular flexibility index (Phi) is 5.59. The van der Waals surface area contributed by atoms with Crippen LogP contribution < -0.4 is 9.47 Å². The third-order valence-electron chi connectivity index (χ3n) is 4.27. The van der Waals surface area contributed by atoms with Crippen LogP contribution in [0.15, 0.2) is 12.1 Å². The molecule has 1 heterocycles. The number of rotatable bonds is 6. The molecule has 1 N–H and O–H groups in total. The minimum Gasteiger partial charge on any atom is -0.493 e. The maximum absolute atomic E-state index is 12.8. The number of hydrogen-bond donors (Lipinski definition) is 1. The normalized spacial score (nSPS) is 20.1. The quantitative estimate of drug-likeness (QED) is 0.847. The van der Waals surface area contributed by atoms with E-state index in [1.807, 2.05) is 6.92 Å². The number of benzene rings is 1. The third kappa shape index (κ3) is 3.29. The van der Waals surface area contributed by atoms with Crippen molar-refractivity contribution in [3.63, 3.8) is 0 Å². The highest BCUT2D eigenvalue weighted by molar-refractivity contribution is 6.32. The van der Waals surface area contributed by atoms with Crippen LogP contribution in [-0.2, 0) is 4.79 Å².